The molecule has 0 amide bonds. The van der Waals surface area contributed by atoms with Gasteiger partial charge in [-0.25, -0.2) is 8.42 Å². The van der Waals surface area contributed by atoms with E-state index >= 15 is 0 Å². The van der Waals surface area contributed by atoms with Crippen LogP contribution in [0.5, 0.6) is 0 Å². The summed E-state index contributed by atoms with van der Waals surface area (Å²) in [5, 5.41) is 17.5. The molecule has 1 aliphatic carbocycles. The fourth-order valence-electron chi connectivity index (χ4n) is 1.18. The van der Waals surface area contributed by atoms with Crippen LogP contribution in [-0.2, 0) is 9.05 Å². The molecule has 2 N–H and O–H groups in total. The van der Waals surface area contributed by atoms with E-state index in [9.17, 15) is 8.42 Å². The molecule has 0 unspecified atom stereocenters. The van der Waals surface area contributed by atoms with Gasteiger partial charge in [-0.15, -0.1) is 0 Å². The highest BCUT2D eigenvalue weighted by Gasteiger charge is 2.54. The van der Waals surface area contributed by atoms with Crippen LogP contribution in [0.4, 0.5) is 0 Å². The Kier molecular flexibility index (Phi) is 2.68. The van der Waals surface area contributed by atoms with Gasteiger partial charge < -0.3 is 10.2 Å². The molecule has 0 radical (unpaired) electrons. The molecule has 0 aliphatic heterocycles. The first-order valence-corrected chi connectivity index (χ1v) is 5.95. The van der Waals surface area contributed by atoms with Crippen LogP contribution in [0.3, 0.4) is 0 Å². The second-order valence-corrected chi connectivity index (χ2v) is 6.12. The lowest BCUT2D eigenvalue weighted by atomic mass is 10.2. The van der Waals surface area contributed by atoms with Crippen molar-refractivity contribution in [1.82, 2.24) is 0 Å². The number of hydrogen-bond acceptors (Lipinski definition) is 4. The monoisotopic (exact) mass is 214 g/mol. The van der Waals surface area contributed by atoms with Crippen LogP contribution in [0.2, 0.25) is 0 Å². The molecule has 0 heterocycles. The summed E-state index contributed by atoms with van der Waals surface area (Å²) < 4.78 is 20.9. The zero-order valence-corrected chi connectivity index (χ0v) is 7.98. The van der Waals surface area contributed by atoms with Gasteiger partial charge in [-0.2, -0.15) is 0 Å². The molecule has 0 aromatic rings. The van der Waals surface area contributed by atoms with Gasteiger partial charge >= 0.3 is 0 Å². The van der Waals surface area contributed by atoms with E-state index in [2.05, 4.69) is 0 Å². The van der Waals surface area contributed by atoms with Crippen molar-refractivity contribution in [1.29, 1.82) is 0 Å². The summed E-state index contributed by atoms with van der Waals surface area (Å²) in [6.45, 7) is -0.422. The van der Waals surface area contributed by atoms with Crippen molar-refractivity contribution in [2.45, 2.75) is 30.1 Å². The Morgan fingerprint density at radius 1 is 1.50 bits per heavy atom. The third kappa shape index (κ3) is 1.90. The number of aliphatic hydroxyl groups excluding tert-OH is 2. The third-order valence-corrected chi connectivity index (χ3v) is 4.73. The Morgan fingerprint density at radius 2 is 2.00 bits per heavy atom. The highest BCUT2D eigenvalue weighted by atomic mass is 35.7. The molecule has 1 rings (SSSR count). The van der Waals surface area contributed by atoms with Crippen molar-refractivity contribution in [3.63, 3.8) is 0 Å². The Hall–Kier alpha value is 0.160. The minimum atomic E-state index is -3.60. The summed E-state index contributed by atoms with van der Waals surface area (Å²) in [6.07, 6.45) is 0.0159. The van der Waals surface area contributed by atoms with Crippen LogP contribution in [0.15, 0.2) is 0 Å². The fraction of sp³-hybridized carbons (Fsp3) is 1.00. The van der Waals surface area contributed by atoms with E-state index in [1.807, 2.05) is 0 Å². The van der Waals surface area contributed by atoms with Gasteiger partial charge in [0.15, 0.2) is 0 Å². The molecule has 0 saturated heterocycles. The van der Waals surface area contributed by atoms with E-state index in [0.29, 0.717) is 12.8 Å². The SMILES string of the molecule is O=S(=O)(Cl)C1(C[C@H](O)CO)CC1. The highest BCUT2D eigenvalue weighted by molar-refractivity contribution is 8.15. The average molecular weight is 215 g/mol. The van der Waals surface area contributed by atoms with E-state index in [-0.39, 0.29) is 6.42 Å². The number of hydrogen-bond donors (Lipinski definition) is 2. The molecular weight excluding hydrogens is 204 g/mol. The second kappa shape index (κ2) is 3.14. The van der Waals surface area contributed by atoms with Gasteiger partial charge in [0.2, 0.25) is 9.05 Å². The molecule has 0 aromatic heterocycles. The number of halogens is 1. The maximum absolute atomic E-state index is 10.9. The van der Waals surface area contributed by atoms with Crippen LogP contribution in [-0.4, -0.2) is 36.1 Å². The maximum atomic E-state index is 10.9. The van der Waals surface area contributed by atoms with E-state index in [1.165, 1.54) is 0 Å². The second-order valence-electron chi connectivity index (χ2n) is 3.16. The van der Waals surface area contributed by atoms with Gasteiger partial charge in [-0.05, 0) is 19.3 Å². The van der Waals surface area contributed by atoms with Crippen molar-refractivity contribution in [2.75, 3.05) is 6.61 Å². The summed E-state index contributed by atoms with van der Waals surface area (Å²) >= 11 is 0. The molecule has 72 valence electrons. The zero-order valence-electron chi connectivity index (χ0n) is 6.40. The Bertz CT molecular complexity index is 257. The van der Waals surface area contributed by atoms with Crippen molar-refractivity contribution in [3.8, 4) is 0 Å². The summed E-state index contributed by atoms with van der Waals surface area (Å²) in [5.41, 5.74) is 0. The lowest BCUT2D eigenvalue weighted by Crippen LogP contribution is -2.26. The molecule has 1 aliphatic rings. The number of aliphatic hydroxyl groups is 2. The Morgan fingerprint density at radius 3 is 2.25 bits per heavy atom. The van der Waals surface area contributed by atoms with E-state index in [4.69, 9.17) is 20.9 Å². The van der Waals surface area contributed by atoms with Crippen molar-refractivity contribution >= 4 is 19.7 Å². The minimum absolute atomic E-state index is 0.0370. The first-order valence-electron chi connectivity index (χ1n) is 3.64. The van der Waals surface area contributed by atoms with E-state index in [1.54, 1.807) is 0 Å². The first-order chi connectivity index (χ1) is 5.41. The van der Waals surface area contributed by atoms with Crippen LogP contribution >= 0.6 is 10.7 Å². The smallest absolute Gasteiger partial charge is 0.238 e. The first kappa shape index (κ1) is 10.2. The summed E-state index contributed by atoms with van der Waals surface area (Å²) in [5.74, 6) is 0. The van der Waals surface area contributed by atoms with Gasteiger partial charge in [-0.3, -0.25) is 0 Å². The lowest BCUT2D eigenvalue weighted by molar-refractivity contribution is 0.0859. The summed E-state index contributed by atoms with van der Waals surface area (Å²) in [4.78, 5) is 0. The molecule has 0 aromatic carbocycles. The molecule has 1 saturated carbocycles. The number of rotatable bonds is 4. The third-order valence-electron chi connectivity index (χ3n) is 2.14. The maximum Gasteiger partial charge on any atom is 0.238 e. The van der Waals surface area contributed by atoms with Gasteiger partial charge in [-0.1, -0.05) is 0 Å². The van der Waals surface area contributed by atoms with Gasteiger partial charge in [0.05, 0.1) is 17.5 Å². The van der Waals surface area contributed by atoms with Crippen molar-refractivity contribution < 1.29 is 18.6 Å². The predicted octanol–water partition coefficient (Wildman–Crippen LogP) is -0.169. The lowest BCUT2D eigenvalue weighted by Gasteiger charge is -2.13. The van der Waals surface area contributed by atoms with Crippen LogP contribution in [0, 0.1) is 0 Å². The molecule has 6 heteroatoms. The van der Waals surface area contributed by atoms with E-state index < -0.39 is 26.5 Å². The summed E-state index contributed by atoms with van der Waals surface area (Å²) in [6, 6.07) is 0. The van der Waals surface area contributed by atoms with Crippen molar-refractivity contribution in [3.05, 3.63) is 0 Å². The largest absolute Gasteiger partial charge is 0.394 e. The Balaban J connectivity index is 2.63. The van der Waals surface area contributed by atoms with Crippen LogP contribution in [0.25, 0.3) is 0 Å². The summed E-state index contributed by atoms with van der Waals surface area (Å²) in [7, 11) is 1.57. The molecule has 4 nitrogen and oxygen atoms in total. The fourth-order valence-corrected chi connectivity index (χ4v) is 2.81. The molecule has 1 atom stereocenters. The molecule has 1 fully saturated rings. The molecule has 12 heavy (non-hydrogen) atoms. The van der Waals surface area contributed by atoms with Crippen LogP contribution < -0.4 is 0 Å². The predicted molar refractivity (Wildman–Crippen MR) is 44.4 cm³/mol. The van der Waals surface area contributed by atoms with Gasteiger partial charge in [0, 0.05) is 10.7 Å². The normalized spacial score (nSPS) is 23.6. The van der Waals surface area contributed by atoms with Gasteiger partial charge in [0.25, 0.3) is 0 Å². The van der Waals surface area contributed by atoms with Crippen LogP contribution in [0.1, 0.15) is 19.3 Å². The quantitative estimate of drug-likeness (QED) is 0.638. The zero-order chi connectivity index (χ0) is 9.41. The standard InChI is InChI=1S/C6H11ClO4S/c7-12(10,11)6(1-2-6)3-5(9)4-8/h5,8-9H,1-4H2/t5-/m0/s1. The van der Waals surface area contributed by atoms with Crippen molar-refractivity contribution in [2.24, 2.45) is 0 Å². The molecule has 0 bridgehead atoms. The average Bonchev–Trinajstić information content (AvgIpc) is 2.67. The molecule has 0 spiro atoms. The Labute approximate surface area is 75.6 Å². The minimum Gasteiger partial charge on any atom is -0.394 e. The van der Waals surface area contributed by atoms with E-state index in [0.717, 1.165) is 0 Å². The highest BCUT2D eigenvalue weighted by Crippen LogP contribution is 2.49. The molecular formula is C6H11ClO4S. The topological polar surface area (TPSA) is 74.6 Å². The van der Waals surface area contributed by atoms with Gasteiger partial charge in [0.1, 0.15) is 0 Å².